The molecule has 0 saturated heterocycles. The van der Waals surface area contributed by atoms with E-state index >= 15 is 0 Å². The molecule has 1 atom stereocenters. The van der Waals surface area contributed by atoms with Crippen LogP contribution in [0.2, 0.25) is 0 Å². The summed E-state index contributed by atoms with van der Waals surface area (Å²) in [5.74, 6) is 0.704. The zero-order valence-corrected chi connectivity index (χ0v) is 12.1. The van der Waals surface area contributed by atoms with Crippen LogP contribution in [0.5, 0.6) is 0 Å². The third kappa shape index (κ3) is 2.65. The molecular weight excluding hydrogens is 280 g/mol. The summed E-state index contributed by atoms with van der Waals surface area (Å²) in [5, 5.41) is 6.07. The standard InChI is InChI=1S/C17H16N2O3/c1-11(12-6-3-2-4-7-12)19-15-14(16(20)17(15)21)18-10-13-8-5-9-22-13/h2-9,11,18-19H,10H2,1H3/t11-/m0/s1. The topological polar surface area (TPSA) is 71.3 Å². The van der Waals surface area contributed by atoms with Crippen LogP contribution in [0.15, 0.2) is 62.7 Å². The first kappa shape index (κ1) is 14.1. The Bertz CT molecular complexity index is 816. The van der Waals surface area contributed by atoms with Gasteiger partial charge in [0, 0.05) is 6.04 Å². The normalized spacial score (nSPS) is 12.2. The summed E-state index contributed by atoms with van der Waals surface area (Å²) in [6.07, 6.45) is 1.57. The molecule has 0 saturated carbocycles. The minimum absolute atomic E-state index is 0.0614. The van der Waals surface area contributed by atoms with E-state index in [1.165, 1.54) is 0 Å². The summed E-state index contributed by atoms with van der Waals surface area (Å²) < 4.78 is 5.20. The van der Waals surface area contributed by atoms with E-state index in [0.717, 1.165) is 5.56 Å². The lowest BCUT2D eigenvalue weighted by atomic mass is 10.1. The first-order valence-corrected chi connectivity index (χ1v) is 7.08. The molecule has 112 valence electrons. The molecule has 0 amide bonds. The maximum Gasteiger partial charge on any atom is 0.253 e. The molecular formula is C17H16N2O3. The molecule has 0 aliphatic heterocycles. The monoisotopic (exact) mass is 296 g/mol. The van der Waals surface area contributed by atoms with Gasteiger partial charge in [-0.15, -0.1) is 0 Å². The van der Waals surface area contributed by atoms with Gasteiger partial charge in [-0.25, -0.2) is 0 Å². The summed E-state index contributed by atoms with van der Waals surface area (Å²) in [7, 11) is 0. The lowest BCUT2D eigenvalue weighted by molar-refractivity contribution is 0.518. The van der Waals surface area contributed by atoms with Gasteiger partial charge in [-0.3, -0.25) is 9.59 Å². The molecule has 1 aromatic heterocycles. The molecule has 5 nitrogen and oxygen atoms in total. The van der Waals surface area contributed by atoms with Gasteiger partial charge in [-0.1, -0.05) is 30.3 Å². The predicted molar refractivity (Wildman–Crippen MR) is 85.9 cm³/mol. The second-order valence-electron chi connectivity index (χ2n) is 5.12. The second-order valence-corrected chi connectivity index (χ2v) is 5.12. The molecule has 3 rings (SSSR count). The summed E-state index contributed by atoms with van der Waals surface area (Å²) >= 11 is 0. The fraction of sp³-hybridized carbons (Fsp3) is 0.176. The number of nitrogens with one attached hydrogen (secondary N) is 2. The van der Waals surface area contributed by atoms with Gasteiger partial charge in [0.15, 0.2) is 0 Å². The average molecular weight is 296 g/mol. The van der Waals surface area contributed by atoms with Crippen molar-refractivity contribution in [2.75, 3.05) is 10.6 Å². The molecule has 0 unspecified atom stereocenters. The van der Waals surface area contributed by atoms with Crippen LogP contribution < -0.4 is 21.5 Å². The molecule has 5 heteroatoms. The fourth-order valence-corrected chi connectivity index (χ4v) is 2.33. The molecule has 0 fully saturated rings. The van der Waals surface area contributed by atoms with Crippen molar-refractivity contribution >= 4 is 11.4 Å². The Morgan fingerprint density at radius 2 is 1.73 bits per heavy atom. The summed E-state index contributed by atoms with van der Waals surface area (Å²) in [5.41, 5.74) is 0.740. The van der Waals surface area contributed by atoms with Crippen molar-refractivity contribution < 1.29 is 4.42 Å². The highest BCUT2D eigenvalue weighted by molar-refractivity contribution is 5.74. The van der Waals surface area contributed by atoms with E-state index in [1.54, 1.807) is 18.4 Å². The Labute approximate surface area is 127 Å². The van der Waals surface area contributed by atoms with Gasteiger partial charge in [0.05, 0.1) is 12.8 Å². The molecule has 1 heterocycles. The number of benzene rings is 1. The Hall–Kier alpha value is -2.82. The first-order valence-electron chi connectivity index (χ1n) is 7.08. The average Bonchev–Trinajstić information content (AvgIpc) is 3.07. The van der Waals surface area contributed by atoms with Gasteiger partial charge in [0.1, 0.15) is 17.1 Å². The molecule has 0 aliphatic carbocycles. The van der Waals surface area contributed by atoms with Gasteiger partial charge in [-0.2, -0.15) is 0 Å². The van der Waals surface area contributed by atoms with Crippen molar-refractivity contribution in [3.63, 3.8) is 0 Å². The third-order valence-electron chi connectivity index (χ3n) is 3.59. The van der Waals surface area contributed by atoms with Gasteiger partial charge in [0.2, 0.25) is 0 Å². The fourth-order valence-electron chi connectivity index (χ4n) is 2.33. The molecule has 2 N–H and O–H groups in total. The Balaban J connectivity index is 1.73. The van der Waals surface area contributed by atoms with Gasteiger partial charge in [-0.05, 0) is 24.6 Å². The molecule has 2 aromatic carbocycles. The smallest absolute Gasteiger partial charge is 0.253 e. The lowest BCUT2D eigenvalue weighted by Gasteiger charge is -2.19. The van der Waals surface area contributed by atoms with Crippen LogP contribution in [-0.2, 0) is 6.54 Å². The maximum absolute atomic E-state index is 11.8. The summed E-state index contributed by atoms with van der Waals surface area (Å²) in [6, 6.07) is 13.3. The van der Waals surface area contributed by atoms with Crippen LogP contribution in [0, 0.1) is 0 Å². The van der Waals surface area contributed by atoms with Crippen LogP contribution in [-0.4, -0.2) is 0 Å². The SMILES string of the molecule is C[C@H](Nc1c(NCc2ccco2)c(=O)c1=O)c1ccccc1. The van der Waals surface area contributed by atoms with E-state index in [9.17, 15) is 9.59 Å². The summed E-state index contributed by atoms with van der Waals surface area (Å²) in [4.78, 5) is 23.5. The van der Waals surface area contributed by atoms with Crippen molar-refractivity contribution in [3.8, 4) is 0 Å². The van der Waals surface area contributed by atoms with Crippen LogP contribution in [0.4, 0.5) is 11.4 Å². The molecule has 3 aromatic rings. The Morgan fingerprint density at radius 3 is 2.41 bits per heavy atom. The summed E-state index contributed by atoms with van der Waals surface area (Å²) in [6.45, 7) is 2.31. The van der Waals surface area contributed by atoms with E-state index < -0.39 is 10.9 Å². The zero-order valence-electron chi connectivity index (χ0n) is 12.1. The zero-order chi connectivity index (χ0) is 15.5. The van der Waals surface area contributed by atoms with Crippen molar-refractivity contribution in [1.82, 2.24) is 0 Å². The number of rotatable bonds is 6. The highest BCUT2D eigenvalue weighted by Crippen LogP contribution is 2.22. The van der Waals surface area contributed by atoms with Crippen molar-refractivity contribution in [2.24, 2.45) is 0 Å². The van der Waals surface area contributed by atoms with Crippen molar-refractivity contribution in [2.45, 2.75) is 19.5 Å². The highest BCUT2D eigenvalue weighted by atomic mass is 16.3. The molecule has 0 radical (unpaired) electrons. The Kier molecular flexibility index (Phi) is 3.78. The largest absolute Gasteiger partial charge is 0.467 e. The molecule has 0 bridgehead atoms. The minimum atomic E-state index is -0.491. The predicted octanol–water partition coefficient (Wildman–Crippen LogP) is 2.66. The van der Waals surface area contributed by atoms with E-state index in [1.807, 2.05) is 37.3 Å². The van der Waals surface area contributed by atoms with Crippen molar-refractivity contribution in [3.05, 3.63) is 80.5 Å². The van der Waals surface area contributed by atoms with Gasteiger partial charge < -0.3 is 15.1 Å². The second kappa shape index (κ2) is 5.89. The third-order valence-corrected chi connectivity index (χ3v) is 3.59. The lowest BCUT2D eigenvalue weighted by Crippen LogP contribution is -2.37. The molecule has 22 heavy (non-hydrogen) atoms. The number of hydrogen-bond acceptors (Lipinski definition) is 5. The number of hydrogen-bond donors (Lipinski definition) is 2. The van der Waals surface area contributed by atoms with Crippen LogP contribution >= 0.6 is 0 Å². The highest BCUT2D eigenvalue weighted by Gasteiger charge is 2.22. The van der Waals surface area contributed by atoms with E-state index in [2.05, 4.69) is 10.6 Å². The molecule has 0 spiro atoms. The van der Waals surface area contributed by atoms with E-state index in [4.69, 9.17) is 4.42 Å². The van der Waals surface area contributed by atoms with E-state index in [0.29, 0.717) is 23.7 Å². The minimum Gasteiger partial charge on any atom is -0.467 e. The van der Waals surface area contributed by atoms with Gasteiger partial charge >= 0.3 is 0 Å². The quantitative estimate of drug-likeness (QED) is 0.684. The van der Waals surface area contributed by atoms with E-state index in [-0.39, 0.29) is 6.04 Å². The van der Waals surface area contributed by atoms with Gasteiger partial charge in [0.25, 0.3) is 10.9 Å². The van der Waals surface area contributed by atoms with Crippen LogP contribution in [0.3, 0.4) is 0 Å². The number of furan rings is 1. The number of anilines is 2. The van der Waals surface area contributed by atoms with Crippen LogP contribution in [0.25, 0.3) is 0 Å². The van der Waals surface area contributed by atoms with Crippen molar-refractivity contribution in [1.29, 1.82) is 0 Å². The maximum atomic E-state index is 11.8. The Morgan fingerprint density at radius 1 is 1.00 bits per heavy atom. The van der Waals surface area contributed by atoms with Crippen LogP contribution in [0.1, 0.15) is 24.3 Å². The first-order chi connectivity index (χ1) is 10.7. The molecule has 0 aliphatic rings.